The number of hydrogen-bond acceptors (Lipinski definition) is 3. The molecule has 1 fully saturated rings. The maximum Gasteiger partial charge on any atom is 0.211 e. The molecule has 0 aromatic carbocycles. The third kappa shape index (κ3) is 2.43. The van der Waals surface area contributed by atoms with Gasteiger partial charge in [0.25, 0.3) is 0 Å². The minimum atomic E-state index is -3.06. The van der Waals surface area contributed by atoms with Gasteiger partial charge in [-0.1, -0.05) is 0 Å². The zero-order valence-electron chi connectivity index (χ0n) is 6.45. The molecule has 0 aromatic rings. The van der Waals surface area contributed by atoms with Crippen LogP contribution in [0.25, 0.3) is 0 Å². The van der Waals surface area contributed by atoms with E-state index in [9.17, 15) is 8.42 Å². The summed E-state index contributed by atoms with van der Waals surface area (Å²) >= 11 is 0. The monoisotopic (exact) mass is 179 g/mol. The molecule has 1 saturated carbocycles. The van der Waals surface area contributed by atoms with E-state index >= 15 is 0 Å². The Bertz CT molecular complexity index is 218. The van der Waals surface area contributed by atoms with Gasteiger partial charge in [0, 0.05) is 6.04 Å². The van der Waals surface area contributed by atoms with Crippen LogP contribution in [0.4, 0.5) is 0 Å². The van der Waals surface area contributed by atoms with Gasteiger partial charge in [-0.25, -0.2) is 13.1 Å². The van der Waals surface area contributed by atoms with E-state index in [2.05, 4.69) is 4.72 Å². The minimum absolute atomic E-state index is 0.0325. The van der Waals surface area contributed by atoms with Crippen molar-refractivity contribution in [1.82, 2.24) is 4.72 Å². The third-order valence-electron chi connectivity index (χ3n) is 1.84. The first-order chi connectivity index (χ1) is 5.03. The first-order valence-corrected chi connectivity index (χ1v) is 5.37. The average molecular weight is 179 g/mol. The summed E-state index contributed by atoms with van der Waals surface area (Å²) in [5.41, 5.74) is 0. The molecule has 66 valence electrons. The number of aliphatic hydroxyl groups is 1. The van der Waals surface area contributed by atoms with Crippen LogP contribution in [0.5, 0.6) is 0 Å². The van der Waals surface area contributed by atoms with E-state index in [4.69, 9.17) is 5.11 Å². The van der Waals surface area contributed by atoms with Crippen molar-refractivity contribution in [1.29, 1.82) is 0 Å². The molecule has 0 radical (unpaired) electrons. The molecule has 4 nitrogen and oxygen atoms in total. The van der Waals surface area contributed by atoms with E-state index in [1.54, 1.807) is 6.92 Å². The van der Waals surface area contributed by atoms with Gasteiger partial charge in [-0.3, -0.25) is 0 Å². The summed E-state index contributed by atoms with van der Waals surface area (Å²) in [6.07, 6.45) is 0.804. The molecule has 1 aliphatic carbocycles. The Morgan fingerprint density at radius 2 is 2.09 bits per heavy atom. The fourth-order valence-electron chi connectivity index (χ4n) is 1.02. The van der Waals surface area contributed by atoms with Gasteiger partial charge in [0.2, 0.25) is 10.0 Å². The summed E-state index contributed by atoms with van der Waals surface area (Å²) in [7, 11) is -3.06. The molecule has 1 rings (SSSR count). The smallest absolute Gasteiger partial charge is 0.211 e. The van der Waals surface area contributed by atoms with Crippen molar-refractivity contribution in [2.24, 2.45) is 0 Å². The van der Waals surface area contributed by atoms with Crippen molar-refractivity contribution in [3.63, 3.8) is 0 Å². The van der Waals surface area contributed by atoms with Crippen molar-refractivity contribution in [2.45, 2.75) is 31.9 Å². The predicted octanol–water partition coefficient (Wildman–Crippen LogP) is -0.551. The fourth-order valence-corrected chi connectivity index (χ4v) is 1.89. The van der Waals surface area contributed by atoms with Crippen LogP contribution in [0, 0.1) is 0 Å². The van der Waals surface area contributed by atoms with Gasteiger partial charge < -0.3 is 5.11 Å². The van der Waals surface area contributed by atoms with Crippen LogP contribution < -0.4 is 4.72 Å². The van der Waals surface area contributed by atoms with Crippen LogP contribution >= 0.6 is 0 Å². The second-order valence-corrected chi connectivity index (χ2v) is 4.89. The van der Waals surface area contributed by atoms with Crippen LogP contribution in [0.1, 0.15) is 19.8 Å². The highest BCUT2D eigenvalue weighted by atomic mass is 32.2. The molecule has 0 unspecified atom stereocenters. The molecule has 0 amide bonds. The van der Waals surface area contributed by atoms with Crippen molar-refractivity contribution in [3.8, 4) is 0 Å². The van der Waals surface area contributed by atoms with E-state index < -0.39 is 10.0 Å². The molecule has 0 atom stereocenters. The summed E-state index contributed by atoms with van der Waals surface area (Å²) in [4.78, 5) is 0. The maximum absolute atomic E-state index is 10.9. The lowest BCUT2D eigenvalue weighted by atomic mass is 9.91. The van der Waals surface area contributed by atoms with Gasteiger partial charge in [-0.05, 0) is 19.8 Å². The van der Waals surface area contributed by atoms with Gasteiger partial charge in [0.15, 0.2) is 0 Å². The Kier molecular flexibility index (Phi) is 2.51. The van der Waals surface area contributed by atoms with E-state index in [0.717, 1.165) is 0 Å². The highest BCUT2D eigenvalue weighted by Gasteiger charge is 2.29. The SMILES string of the molecule is CCS(=O)(=O)NC1CC(O)C1. The van der Waals surface area contributed by atoms with E-state index in [-0.39, 0.29) is 17.9 Å². The fraction of sp³-hybridized carbons (Fsp3) is 1.00. The summed E-state index contributed by atoms with van der Waals surface area (Å²) < 4.78 is 24.3. The number of rotatable bonds is 3. The number of nitrogens with one attached hydrogen (secondary N) is 1. The normalized spacial score (nSPS) is 31.5. The molecular weight excluding hydrogens is 166 g/mol. The molecule has 0 heterocycles. The van der Waals surface area contributed by atoms with Crippen LogP contribution in [0.15, 0.2) is 0 Å². The number of sulfonamides is 1. The Morgan fingerprint density at radius 1 is 1.55 bits per heavy atom. The molecule has 0 aliphatic heterocycles. The molecular formula is C6H13NO3S. The molecule has 2 N–H and O–H groups in total. The molecule has 0 saturated heterocycles. The van der Waals surface area contributed by atoms with E-state index in [1.165, 1.54) is 0 Å². The number of aliphatic hydroxyl groups excluding tert-OH is 1. The van der Waals surface area contributed by atoms with Crippen LogP contribution in [0.2, 0.25) is 0 Å². The highest BCUT2D eigenvalue weighted by molar-refractivity contribution is 7.89. The first kappa shape index (κ1) is 8.96. The lowest BCUT2D eigenvalue weighted by molar-refractivity contribution is 0.0712. The molecule has 0 bridgehead atoms. The quantitative estimate of drug-likeness (QED) is 0.611. The Balaban J connectivity index is 2.33. The Hall–Kier alpha value is -0.130. The van der Waals surface area contributed by atoms with Gasteiger partial charge >= 0.3 is 0 Å². The molecule has 1 aliphatic rings. The van der Waals surface area contributed by atoms with Crippen molar-refractivity contribution < 1.29 is 13.5 Å². The Morgan fingerprint density at radius 3 is 2.45 bits per heavy atom. The maximum atomic E-state index is 10.9. The Labute approximate surface area is 66.7 Å². The summed E-state index contributed by atoms with van der Waals surface area (Å²) in [5, 5.41) is 8.85. The third-order valence-corrected chi connectivity index (χ3v) is 3.29. The van der Waals surface area contributed by atoms with E-state index in [0.29, 0.717) is 12.8 Å². The van der Waals surface area contributed by atoms with Gasteiger partial charge in [0.1, 0.15) is 0 Å². The van der Waals surface area contributed by atoms with Crippen molar-refractivity contribution in [2.75, 3.05) is 5.75 Å². The van der Waals surface area contributed by atoms with Crippen LogP contribution in [-0.4, -0.2) is 31.4 Å². The molecule has 0 aromatic heterocycles. The number of hydrogen-bond donors (Lipinski definition) is 2. The second kappa shape index (κ2) is 3.08. The summed E-state index contributed by atoms with van der Waals surface area (Å²) in [6.45, 7) is 1.59. The largest absolute Gasteiger partial charge is 0.393 e. The lowest BCUT2D eigenvalue weighted by Gasteiger charge is -2.31. The topological polar surface area (TPSA) is 66.4 Å². The zero-order chi connectivity index (χ0) is 8.48. The highest BCUT2D eigenvalue weighted by Crippen LogP contribution is 2.19. The first-order valence-electron chi connectivity index (χ1n) is 3.71. The molecule has 5 heteroatoms. The standard InChI is InChI=1S/C6H13NO3S/c1-2-11(9,10)7-5-3-6(8)4-5/h5-8H,2-4H2,1H3. The minimum Gasteiger partial charge on any atom is -0.393 e. The van der Waals surface area contributed by atoms with Crippen molar-refractivity contribution >= 4 is 10.0 Å². The van der Waals surface area contributed by atoms with Crippen LogP contribution in [0.3, 0.4) is 0 Å². The molecule has 0 spiro atoms. The predicted molar refractivity (Wildman–Crippen MR) is 41.6 cm³/mol. The lowest BCUT2D eigenvalue weighted by Crippen LogP contribution is -2.47. The average Bonchev–Trinajstić information content (AvgIpc) is 1.84. The van der Waals surface area contributed by atoms with Gasteiger partial charge in [-0.2, -0.15) is 0 Å². The zero-order valence-corrected chi connectivity index (χ0v) is 7.26. The summed E-state index contributed by atoms with van der Waals surface area (Å²) in [6, 6.07) is -0.0325. The summed E-state index contributed by atoms with van der Waals surface area (Å²) in [5.74, 6) is 0.111. The van der Waals surface area contributed by atoms with Gasteiger partial charge in [0.05, 0.1) is 11.9 Å². The second-order valence-electron chi connectivity index (χ2n) is 2.84. The van der Waals surface area contributed by atoms with Crippen molar-refractivity contribution in [3.05, 3.63) is 0 Å². The van der Waals surface area contributed by atoms with Crippen LogP contribution in [-0.2, 0) is 10.0 Å². The molecule has 11 heavy (non-hydrogen) atoms. The van der Waals surface area contributed by atoms with Gasteiger partial charge in [-0.15, -0.1) is 0 Å². The van der Waals surface area contributed by atoms with E-state index in [1.807, 2.05) is 0 Å².